The summed E-state index contributed by atoms with van der Waals surface area (Å²) in [6.45, 7) is 4.23. The van der Waals surface area contributed by atoms with Gasteiger partial charge in [0.2, 0.25) is 11.8 Å². The molecule has 3 amide bonds. The second-order valence-corrected chi connectivity index (χ2v) is 19.8. The Morgan fingerprint density at radius 1 is 0.969 bits per heavy atom. The Morgan fingerprint density at radius 2 is 1.69 bits per heavy atom. The summed E-state index contributed by atoms with van der Waals surface area (Å²) in [6.07, 6.45) is 10.1. The number of anilines is 1. The number of benzene rings is 2. The number of aliphatic hydroxyl groups is 1. The Hall–Kier alpha value is -5.35. The van der Waals surface area contributed by atoms with Gasteiger partial charge in [0, 0.05) is 48.9 Å². The fourth-order valence-electron chi connectivity index (χ4n) is 11.5. The van der Waals surface area contributed by atoms with Crippen LogP contribution in [0.3, 0.4) is 0 Å². The Kier molecular flexibility index (Phi) is 11.4. The van der Waals surface area contributed by atoms with Gasteiger partial charge in [0.15, 0.2) is 0 Å². The summed E-state index contributed by atoms with van der Waals surface area (Å²) < 4.78 is 45.1. The summed E-state index contributed by atoms with van der Waals surface area (Å²) in [7, 11) is 4.06. The number of hydrogen-bond donors (Lipinski definition) is 3. The van der Waals surface area contributed by atoms with Gasteiger partial charge in [-0.2, -0.15) is 18.3 Å². The zero-order valence-electron chi connectivity index (χ0n) is 36.9. The molecule has 3 N–H and O–H groups in total. The van der Waals surface area contributed by atoms with E-state index in [1.54, 1.807) is 42.2 Å². The van der Waals surface area contributed by atoms with Gasteiger partial charge in [0.25, 0.3) is 5.91 Å². The number of nitrogens with zero attached hydrogens (tertiary/aromatic N) is 6. The highest BCUT2D eigenvalue weighted by molar-refractivity contribution is 6.04. The summed E-state index contributed by atoms with van der Waals surface area (Å²) >= 11 is 0. The maximum Gasteiger partial charge on any atom is 0.433 e. The lowest BCUT2D eigenvalue weighted by molar-refractivity contribution is -0.141. The molecule has 64 heavy (non-hydrogen) atoms. The Balaban J connectivity index is 0.770. The molecule has 340 valence electrons. The number of alkyl halides is 3. The maximum atomic E-state index is 13.4. The normalized spacial score (nSPS) is 25.5. The van der Waals surface area contributed by atoms with Crippen molar-refractivity contribution >= 4 is 45.3 Å². The van der Waals surface area contributed by atoms with Crippen LogP contribution in [0.5, 0.6) is 0 Å². The number of imidazole rings is 1. The predicted molar refractivity (Wildman–Crippen MR) is 236 cm³/mol. The molecule has 3 saturated carbocycles. The fraction of sp³-hybridized carbons (Fsp3) is 0.542. The Morgan fingerprint density at radius 3 is 2.38 bits per heavy atom. The number of fused-ring (bicyclic) bond motifs is 2. The van der Waals surface area contributed by atoms with E-state index in [2.05, 4.69) is 33.6 Å². The van der Waals surface area contributed by atoms with Gasteiger partial charge in [-0.3, -0.25) is 33.5 Å². The maximum absolute atomic E-state index is 13.4. The largest absolute Gasteiger partial charge is 0.433 e. The van der Waals surface area contributed by atoms with E-state index in [4.69, 9.17) is 5.10 Å². The van der Waals surface area contributed by atoms with Crippen LogP contribution >= 0.6 is 0 Å². The van der Waals surface area contributed by atoms with Gasteiger partial charge in [-0.05, 0) is 151 Å². The molecule has 1 unspecified atom stereocenters. The SMILES string of the molecule is CN(C[C@H]1CC[C@H](n2cc3cc(NC(=O)c4cccc(C(F)(F)F)n4)c(C(C)(C)O)cc3n2)CC1)C1CCC2(CC1)CC(Cc1cccc3c1n(C)c(=O)n3C1CCC(=O)NC1=O)C2. The molecule has 5 aromatic rings. The van der Waals surface area contributed by atoms with Crippen molar-refractivity contribution in [2.24, 2.45) is 24.3 Å². The van der Waals surface area contributed by atoms with E-state index in [9.17, 15) is 37.5 Å². The number of halogens is 3. The number of piperidine rings is 1. The number of nitrogens with one attached hydrogen (secondary N) is 2. The van der Waals surface area contributed by atoms with Crippen molar-refractivity contribution in [2.45, 2.75) is 127 Å². The van der Waals surface area contributed by atoms with Gasteiger partial charge in [0.1, 0.15) is 17.4 Å². The molecular weight excluding hydrogens is 826 g/mol. The third-order valence-corrected chi connectivity index (χ3v) is 14.9. The van der Waals surface area contributed by atoms with Gasteiger partial charge < -0.3 is 15.3 Å². The lowest BCUT2D eigenvalue weighted by Crippen LogP contribution is -2.46. The lowest BCUT2D eigenvalue weighted by Gasteiger charge is -2.53. The highest BCUT2D eigenvalue weighted by Crippen LogP contribution is 2.56. The number of aryl methyl sites for hydroxylation is 1. The van der Waals surface area contributed by atoms with Crippen LogP contribution in [0.1, 0.15) is 130 Å². The van der Waals surface area contributed by atoms with Crippen molar-refractivity contribution < 1.29 is 32.7 Å². The molecule has 1 atom stereocenters. The first kappa shape index (κ1) is 43.9. The van der Waals surface area contributed by atoms with E-state index < -0.39 is 35.3 Å². The highest BCUT2D eigenvalue weighted by Gasteiger charge is 2.46. The fourth-order valence-corrected chi connectivity index (χ4v) is 11.5. The monoisotopic (exact) mass is 882 g/mol. The molecule has 1 saturated heterocycles. The van der Waals surface area contributed by atoms with Crippen molar-refractivity contribution in [2.75, 3.05) is 18.9 Å². The third kappa shape index (κ3) is 8.50. The van der Waals surface area contributed by atoms with E-state index in [1.807, 2.05) is 23.0 Å². The summed E-state index contributed by atoms with van der Waals surface area (Å²) in [4.78, 5) is 57.2. The molecule has 2 aromatic carbocycles. The average Bonchev–Trinajstić information content (AvgIpc) is 3.77. The minimum atomic E-state index is -4.69. The molecule has 3 aromatic heterocycles. The summed E-state index contributed by atoms with van der Waals surface area (Å²) in [6, 6.07) is 12.7. The second kappa shape index (κ2) is 16.6. The molecule has 4 heterocycles. The van der Waals surface area contributed by atoms with Crippen LogP contribution < -0.4 is 16.3 Å². The molecule has 13 nitrogen and oxygen atoms in total. The first-order chi connectivity index (χ1) is 30.4. The molecule has 9 rings (SSSR count). The molecule has 0 radical (unpaired) electrons. The lowest BCUT2D eigenvalue weighted by atomic mass is 9.54. The average molecular weight is 883 g/mol. The number of imide groups is 1. The van der Waals surface area contributed by atoms with E-state index in [0.29, 0.717) is 40.8 Å². The standard InChI is InChI=1S/C48H57F3N8O5/c1-46(2,64)34-23-36-31(22-37(34)53-43(61)35-8-6-10-40(52-35)48(49,50)51)27-58(55-36)33-13-11-28(12-14-33)26-56(3)32-17-19-47(20-18-32)24-29(25-47)21-30-7-5-9-38-42(30)57(4)45(63)59(38)39-15-16-41(60)54-44(39)62/h5-10,22-23,27-29,32-33,39,64H,11-21,24-26H2,1-4H3,(H,53,61)(H,54,60,62)/t28-,29?,32?,33-,39?,47?. The van der Waals surface area contributed by atoms with E-state index in [-0.39, 0.29) is 35.4 Å². The Bertz CT molecular complexity index is 2670. The number of carbonyl (C=O) groups excluding carboxylic acids is 3. The summed E-state index contributed by atoms with van der Waals surface area (Å²) in [5.74, 6) is -0.380. The van der Waals surface area contributed by atoms with E-state index >= 15 is 0 Å². The molecular formula is C48H57F3N8O5. The van der Waals surface area contributed by atoms with E-state index in [0.717, 1.165) is 72.8 Å². The van der Waals surface area contributed by atoms with Crippen LogP contribution in [-0.2, 0) is 34.8 Å². The number of amides is 3. The van der Waals surface area contributed by atoms with Gasteiger partial charge >= 0.3 is 11.9 Å². The summed E-state index contributed by atoms with van der Waals surface area (Å²) in [5, 5.41) is 21.8. The zero-order chi connectivity index (χ0) is 45.3. The number of pyridine rings is 1. The number of rotatable bonds is 10. The van der Waals surface area contributed by atoms with Crippen LogP contribution in [0.2, 0.25) is 0 Å². The molecule has 1 spiro atoms. The van der Waals surface area contributed by atoms with Crippen LogP contribution in [0.25, 0.3) is 21.9 Å². The first-order valence-electron chi connectivity index (χ1n) is 22.7. The minimum Gasteiger partial charge on any atom is -0.386 e. The van der Waals surface area contributed by atoms with Crippen molar-refractivity contribution in [3.63, 3.8) is 0 Å². The molecule has 16 heteroatoms. The number of aromatic nitrogens is 5. The van der Waals surface area contributed by atoms with Crippen LogP contribution in [-0.4, -0.2) is 71.3 Å². The van der Waals surface area contributed by atoms with Crippen LogP contribution in [0.4, 0.5) is 18.9 Å². The number of hydrogen-bond acceptors (Lipinski definition) is 8. The van der Waals surface area contributed by atoms with Crippen LogP contribution in [0, 0.1) is 17.3 Å². The van der Waals surface area contributed by atoms with E-state index in [1.165, 1.54) is 44.6 Å². The summed E-state index contributed by atoms with van der Waals surface area (Å²) in [5.41, 5.74) is 1.37. The minimum absolute atomic E-state index is 0.204. The van der Waals surface area contributed by atoms with Gasteiger partial charge in [-0.15, -0.1) is 0 Å². The quantitative estimate of drug-likeness (QED) is 0.120. The van der Waals surface area contributed by atoms with Gasteiger partial charge in [-0.1, -0.05) is 18.2 Å². The first-order valence-corrected chi connectivity index (χ1v) is 22.7. The smallest absolute Gasteiger partial charge is 0.386 e. The molecule has 1 aliphatic heterocycles. The number of para-hydroxylation sites is 1. The predicted octanol–water partition coefficient (Wildman–Crippen LogP) is 7.81. The van der Waals surface area contributed by atoms with Crippen molar-refractivity contribution in [1.29, 1.82) is 0 Å². The molecule has 4 fully saturated rings. The van der Waals surface area contributed by atoms with Crippen molar-refractivity contribution in [1.82, 2.24) is 34.1 Å². The number of carbonyl (C=O) groups is 3. The van der Waals surface area contributed by atoms with Crippen molar-refractivity contribution in [3.05, 3.63) is 87.7 Å². The molecule has 4 aliphatic rings. The van der Waals surface area contributed by atoms with Gasteiger partial charge in [0.05, 0.1) is 28.2 Å². The highest BCUT2D eigenvalue weighted by atomic mass is 19.4. The second-order valence-electron chi connectivity index (χ2n) is 19.8. The van der Waals surface area contributed by atoms with Crippen molar-refractivity contribution in [3.8, 4) is 0 Å². The Labute approximate surface area is 369 Å². The topological polar surface area (TPSA) is 156 Å². The van der Waals surface area contributed by atoms with Crippen LogP contribution in [0.15, 0.2) is 59.5 Å². The molecule has 0 bridgehead atoms. The third-order valence-electron chi connectivity index (χ3n) is 14.9. The molecule has 3 aliphatic carbocycles. The zero-order valence-corrected chi connectivity index (χ0v) is 36.9. The van der Waals surface area contributed by atoms with Gasteiger partial charge in [-0.25, -0.2) is 9.78 Å².